The monoisotopic (exact) mass is 406 g/mol. The van der Waals surface area contributed by atoms with Gasteiger partial charge < -0.3 is 24.4 Å². The second kappa shape index (κ2) is 6.43. The molecule has 8 heteroatoms. The third-order valence-corrected chi connectivity index (χ3v) is 7.04. The van der Waals surface area contributed by atoms with Crippen LogP contribution in [-0.2, 0) is 4.74 Å². The lowest BCUT2D eigenvalue weighted by atomic mass is 9.73. The normalized spacial score (nSPS) is 29.5. The van der Waals surface area contributed by atoms with E-state index in [1.54, 1.807) is 4.90 Å². The lowest BCUT2D eigenvalue weighted by Crippen LogP contribution is -2.41. The molecule has 1 aromatic carbocycles. The van der Waals surface area contributed by atoms with Gasteiger partial charge >= 0.3 is 0 Å². The molecular weight excluding hydrogens is 384 g/mol. The Bertz CT molecular complexity index is 1120. The van der Waals surface area contributed by atoms with E-state index in [2.05, 4.69) is 15.3 Å². The number of fused-ring (bicyclic) bond motifs is 2. The van der Waals surface area contributed by atoms with Crippen LogP contribution in [-0.4, -0.2) is 58.0 Å². The summed E-state index contributed by atoms with van der Waals surface area (Å²) >= 11 is 0. The topological polar surface area (TPSA) is 100 Å². The number of oxazole rings is 1. The lowest BCUT2D eigenvalue weighted by molar-refractivity contribution is 0.00286. The molecule has 5 heterocycles. The van der Waals surface area contributed by atoms with Gasteiger partial charge in [-0.25, -0.2) is 4.98 Å². The van der Waals surface area contributed by atoms with E-state index in [0.717, 1.165) is 23.7 Å². The SMILES string of the molecule is O=C(NC[C@H]1[C@H]2CN(C(=O)c3cnco3)C[C@]23CC[C@H]1O3)c1cccc2cc[nH]c12. The Hall–Kier alpha value is -3.13. The minimum atomic E-state index is -0.296. The Morgan fingerprint density at radius 2 is 2.27 bits per heavy atom. The van der Waals surface area contributed by atoms with Crippen molar-refractivity contribution in [1.29, 1.82) is 0 Å². The fraction of sp³-hybridized carbons (Fsp3) is 0.409. The van der Waals surface area contributed by atoms with Crippen LogP contribution in [0.15, 0.2) is 47.5 Å². The maximum atomic E-state index is 12.9. The Balaban J connectivity index is 1.18. The molecule has 0 unspecified atom stereocenters. The summed E-state index contributed by atoms with van der Waals surface area (Å²) < 4.78 is 11.6. The number of aromatic amines is 1. The maximum Gasteiger partial charge on any atom is 0.291 e. The number of hydrogen-bond donors (Lipinski definition) is 2. The van der Waals surface area contributed by atoms with Crippen LogP contribution in [0.3, 0.4) is 0 Å². The number of H-pyrrole nitrogens is 1. The Kier molecular flexibility index (Phi) is 3.80. The third-order valence-electron chi connectivity index (χ3n) is 7.04. The number of hydrogen-bond acceptors (Lipinski definition) is 5. The number of likely N-dealkylation sites (tertiary alicyclic amines) is 1. The second-order valence-electron chi connectivity index (χ2n) is 8.54. The Morgan fingerprint density at radius 1 is 1.33 bits per heavy atom. The molecule has 4 atom stereocenters. The second-order valence-corrected chi connectivity index (χ2v) is 8.54. The number of para-hydroxylation sites is 1. The van der Waals surface area contributed by atoms with E-state index in [-0.39, 0.29) is 41.1 Å². The van der Waals surface area contributed by atoms with Crippen LogP contribution >= 0.6 is 0 Å². The van der Waals surface area contributed by atoms with Crippen molar-refractivity contribution in [3.8, 4) is 0 Å². The van der Waals surface area contributed by atoms with Crippen LogP contribution in [0, 0.1) is 11.8 Å². The molecule has 3 saturated heterocycles. The quantitative estimate of drug-likeness (QED) is 0.692. The average molecular weight is 406 g/mol. The van der Waals surface area contributed by atoms with Gasteiger partial charge in [0.25, 0.3) is 11.8 Å². The zero-order chi connectivity index (χ0) is 20.3. The predicted molar refractivity (Wildman–Crippen MR) is 107 cm³/mol. The minimum absolute atomic E-state index is 0.0903. The molecule has 3 aliphatic heterocycles. The Labute approximate surface area is 172 Å². The molecule has 0 radical (unpaired) electrons. The van der Waals surface area contributed by atoms with Crippen molar-refractivity contribution in [3.05, 3.63) is 54.4 Å². The van der Waals surface area contributed by atoms with Gasteiger partial charge in [0, 0.05) is 36.5 Å². The molecule has 8 nitrogen and oxygen atoms in total. The number of nitrogens with zero attached hydrogens (tertiary/aromatic N) is 2. The summed E-state index contributed by atoms with van der Waals surface area (Å²) in [6.07, 6.45) is 6.62. The van der Waals surface area contributed by atoms with Crippen LogP contribution < -0.4 is 5.32 Å². The van der Waals surface area contributed by atoms with E-state index in [1.165, 1.54) is 12.6 Å². The highest BCUT2D eigenvalue weighted by atomic mass is 16.5. The van der Waals surface area contributed by atoms with E-state index < -0.39 is 0 Å². The number of rotatable bonds is 4. The fourth-order valence-electron chi connectivity index (χ4n) is 5.68. The highest BCUT2D eigenvalue weighted by Crippen LogP contribution is 2.54. The lowest BCUT2D eigenvalue weighted by Gasteiger charge is -2.29. The largest absolute Gasteiger partial charge is 0.438 e. The van der Waals surface area contributed by atoms with Gasteiger partial charge in [0.15, 0.2) is 6.39 Å². The molecule has 6 rings (SSSR count). The molecule has 1 spiro atoms. The van der Waals surface area contributed by atoms with Gasteiger partial charge in [-0.2, -0.15) is 0 Å². The van der Waals surface area contributed by atoms with Crippen molar-refractivity contribution >= 4 is 22.7 Å². The van der Waals surface area contributed by atoms with Crippen molar-refractivity contribution < 1.29 is 18.7 Å². The van der Waals surface area contributed by atoms with Gasteiger partial charge in [-0.15, -0.1) is 0 Å². The number of carbonyl (C=O) groups excluding carboxylic acids is 2. The van der Waals surface area contributed by atoms with E-state index in [9.17, 15) is 9.59 Å². The molecule has 0 aliphatic carbocycles. The summed E-state index contributed by atoms with van der Waals surface area (Å²) in [4.78, 5) is 34.4. The predicted octanol–water partition coefficient (Wildman–Crippen LogP) is 2.21. The first-order chi connectivity index (χ1) is 14.6. The highest BCUT2D eigenvalue weighted by molar-refractivity contribution is 6.05. The highest BCUT2D eigenvalue weighted by Gasteiger charge is 2.63. The van der Waals surface area contributed by atoms with Gasteiger partial charge in [-0.05, 0) is 25.0 Å². The van der Waals surface area contributed by atoms with Crippen molar-refractivity contribution in [2.45, 2.75) is 24.5 Å². The molecule has 2 amide bonds. The first-order valence-corrected chi connectivity index (χ1v) is 10.3. The standard InChI is InChI=1S/C22H22N4O4/c27-20(14-3-1-2-13-5-7-24-19(13)14)25-8-15-16-10-26(21(28)18-9-23-12-29-18)11-22(16)6-4-17(15)30-22/h1-3,5,7,9,12,15-17,24H,4,6,8,10-11H2,(H,25,27)/t15-,16+,17+,22+/m0/s1. The number of amides is 2. The van der Waals surface area contributed by atoms with Crippen LogP contribution in [0.1, 0.15) is 33.8 Å². The van der Waals surface area contributed by atoms with Crippen LogP contribution in [0.5, 0.6) is 0 Å². The molecule has 0 saturated carbocycles. The summed E-state index contributed by atoms with van der Waals surface area (Å²) in [6.45, 7) is 1.72. The average Bonchev–Trinajstić information content (AvgIpc) is 3.56. The van der Waals surface area contributed by atoms with E-state index in [0.29, 0.717) is 25.2 Å². The van der Waals surface area contributed by atoms with Gasteiger partial charge in [0.2, 0.25) is 5.76 Å². The number of aromatic nitrogens is 2. The minimum Gasteiger partial charge on any atom is -0.438 e. The summed E-state index contributed by atoms with van der Waals surface area (Å²) in [5.41, 5.74) is 1.19. The van der Waals surface area contributed by atoms with E-state index >= 15 is 0 Å². The first-order valence-electron chi connectivity index (χ1n) is 10.3. The molecule has 2 bridgehead atoms. The number of nitrogens with one attached hydrogen (secondary N) is 2. The Morgan fingerprint density at radius 3 is 3.13 bits per heavy atom. The van der Waals surface area contributed by atoms with E-state index in [1.807, 2.05) is 30.5 Å². The number of carbonyl (C=O) groups is 2. The molecule has 3 fully saturated rings. The molecule has 3 aromatic rings. The molecule has 3 aliphatic rings. The van der Waals surface area contributed by atoms with Crippen molar-refractivity contribution in [1.82, 2.24) is 20.2 Å². The van der Waals surface area contributed by atoms with E-state index in [4.69, 9.17) is 9.15 Å². The molecule has 154 valence electrons. The van der Waals surface area contributed by atoms with Gasteiger partial charge in [0.1, 0.15) is 0 Å². The molecule has 30 heavy (non-hydrogen) atoms. The van der Waals surface area contributed by atoms with Crippen LogP contribution in [0.2, 0.25) is 0 Å². The smallest absolute Gasteiger partial charge is 0.291 e. The molecule has 2 N–H and O–H groups in total. The summed E-state index contributed by atoms with van der Waals surface area (Å²) in [6, 6.07) is 7.66. The van der Waals surface area contributed by atoms with Gasteiger partial charge in [-0.1, -0.05) is 12.1 Å². The van der Waals surface area contributed by atoms with Crippen molar-refractivity contribution in [2.24, 2.45) is 11.8 Å². The zero-order valence-electron chi connectivity index (χ0n) is 16.3. The third kappa shape index (κ3) is 2.53. The molecule has 2 aromatic heterocycles. The first kappa shape index (κ1) is 17.7. The van der Waals surface area contributed by atoms with Crippen LogP contribution in [0.4, 0.5) is 0 Å². The summed E-state index contributed by atoms with van der Waals surface area (Å²) in [5.74, 6) is 0.421. The van der Waals surface area contributed by atoms with Gasteiger partial charge in [-0.3, -0.25) is 9.59 Å². The van der Waals surface area contributed by atoms with Crippen LogP contribution in [0.25, 0.3) is 10.9 Å². The maximum absolute atomic E-state index is 12.9. The van der Waals surface area contributed by atoms with Crippen molar-refractivity contribution in [3.63, 3.8) is 0 Å². The fourth-order valence-corrected chi connectivity index (χ4v) is 5.68. The molecular formula is C22H22N4O4. The zero-order valence-corrected chi connectivity index (χ0v) is 16.3. The summed E-state index contributed by atoms with van der Waals surface area (Å²) in [5, 5.41) is 4.13. The van der Waals surface area contributed by atoms with Crippen molar-refractivity contribution in [2.75, 3.05) is 19.6 Å². The summed E-state index contributed by atoms with van der Waals surface area (Å²) in [7, 11) is 0. The van der Waals surface area contributed by atoms with Gasteiger partial charge in [0.05, 0.1) is 35.5 Å². The number of benzene rings is 1. The number of ether oxygens (including phenoxy) is 1.